The summed E-state index contributed by atoms with van der Waals surface area (Å²) in [6.45, 7) is 2.60. The Morgan fingerprint density at radius 2 is 1.68 bits per heavy atom. The van der Waals surface area contributed by atoms with Crippen LogP contribution in [-0.4, -0.2) is 21.4 Å². The third-order valence-electron chi connectivity index (χ3n) is 5.03. The molecule has 0 spiro atoms. The molecular formula is C23H18Cl2N4O2. The first-order chi connectivity index (χ1) is 14.8. The lowest BCUT2D eigenvalue weighted by Crippen LogP contribution is -2.13. The van der Waals surface area contributed by atoms with E-state index in [4.69, 9.17) is 28.9 Å². The summed E-state index contributed by atoms with van der Waals surface area (Å²) < 4.78 is 2.06. The largest absolute Gasteiger partial charge is 0.366 e. The lowest BCUT2D eigenvalue weighted by Gasteiger charge is -2.10. The van der Waals surface area contributed by atoms with E-state index >= 15 is 0 Å². The van der Waals surface area contributed by atoms with Crippen molar-refractivity contribution in [1.82, 2.24) is 9.55 Å². The van der Waals surface area contributed by atoms with Gasteiger partial charge < -0.3 is 15.6 Å². The summed E-state index contributed by atoms with van der Waals surface area (Å²) in [6, 6.07) is 12.7. The van der Waals surface area contributed by atoms with Gasteiger partial charge in [0, 0.05) is 47.2 Å². The number of benzene rings is 2. The van der Waals surface area contributed by atoms with E-state index in [9.17, 15) is 9.59 Å². The van der Waals surface area contributed by atoms with Gasteiger partial charge in [0.1, 0.15) is 0 Å². The Balaban J connectivity index is 1.65. The zero-order chi connectivity index (χ0) is 22.1. The number of hydrogen-bond donors (Lipinski definition) is 2. The minimum atomic E-state index is -0.459. The minimum absolute atomic E-state index is 0.264. The predicted molar refractivity (Wildman–Crippen MR) is 123 cm³/mol. The molecule has 0 unspecified atom stereocenters. The highest BCUT2D eigenvalue weighted by atomic mass is 35.5. The minimum Gasteiger partial charge on any atom is -0.366 e. The van der Waals surface area contributed by atoms with E-state index in [0.717, 1.165) is 22.0 Å². The van der Waals surface area contributed by atoms with E-state index in [-0.39, 0.29) is 16.0 Å². The summed E-state index contributed by atoms with van der Waals surface area (Å²) >= 11 is 12.2. The molecule has 8 heteroatoms. The molecule has 0 fully saturated rings. The van der Waals surface area contributed by atoms with Gasteiger partial charge >= 0.3 is 0 Å². The van der Waals surface area contributed by atoms with Crippen LogP contribution in [-0.2, 0) is 6.54 Å². The smallest absolute Gasteiger partial charge is 0.255 e. The van der Waals surface area contributed by atoms with E-state index in [1.165, 1.54) is 12.4 Å². The van der Waals surface area contributed by atoms with Gasteiger partial charge in [-0.2, -0.15) is 0 Å². The molecule has 4 rings (SSSR count). The number of hydrogen-bond acceptors (Lipinski definition) is 3. The number of aromatic nitrogens is 2. The van der Waals surface area contributed by atoms with Crippen molar-refractivity contribution in [3.63, 3.8) is 0 Å². The van der Waals surface area contributed by atoms with E-state index in [0.29, 0.717) is 23.4 Å². The van der Waals surface area contributed by atoms with Crippen molar-refractivity contribution in [2.24, 2.45) is 5.73 Å². The third-order valence-corrected chi connectivity index (χ3v) is 5.60. The van der Waals surface area contributed by atoms with E-state index in [2.05, 4.69) is 14.9 Å². The van der Waals surface area contributed by atoms with Gasteiger partial charge in [0.15, 0.2) is 0 Å². The highest BCUT2D eigenvalue weighted by Gasteiger charge is 2.14. The van der Waals surface area contributed by atoms with Crippen molar-refractivity contribution in [3.05, 3.63) is 93.4 Å². The van der Waals surface area contributed by atoms with E-state index in [1.54, 1.807) is 18.2 Å². The standard InChI is InChI=1S/C23H18Cl2N4O2/c1-13-11-29(12-14-2-4-15(5-3-14)22(26)30)20-8-16(6-7-17(13)20)23(31)28-21-18(24)9-27-10-19(21)25/h2-11H,12H2,1H3,(H2,26,30)(H,27,28,31). The van der Waals surface area contributed by atoms with Crippen molar-refractivity contribution < 1.29 is 9.59 Å². The van der Waals surface area contributed by atoms with Gasteiger partial charge in [-0.3, -0.25) is 14.6 Å². The summed E-state index contributed by atoms with van der Waals surface area (Å²) in [5, 5.41) is 4.33. The molecule has 0 bridgehead atoms. The van der Waals surface area contributed by atoms with Crippen LogP contribution < -0.4 is 11.1 Å². The number of nitrogens with one attached hydrogen (secondary N) is 1. The van der Waals surface area contributed by atoms with Crippen LogP contribution in [0, 0.1) is 6.92 Å². The number of nitrogens with zero attached hydrogens (tertiary/aromatic N) is 2. The maximum atomic E-state index is 12.8. The number of carbonyl (C=O) groups excluding carboxylic acids is 2. The van der Waals surface area contributed by atoms with Crippen LogP contribution >= 0.6 is 23.2 Å². The van der Waals surface area contributed by atoms with Crippen molar-refractivity contribution >= 4 is 51.6 Å². The molecule has 2 heterocycles. The van der Waals surface area contributed by atoms with Gasteiger partial charge in [-0.1, -0.05) is 41.4 Å². The Bertz CT molecular complexity index is 1290. The number of fused-ring (bicyclic) bond motifs is 1. The fourth-order valence-corrected chi connectivity index (χ4v) is 3.89. The number of nitrogens with two attached hydrogens (primary N) is 1. The summed E-state index contributed by atoms with van der Waals surface area (Å²) in [5.41, 5.74) is 9.58. The van der Waals surface area contributed by atoms with Crippen molar-refractivity contribution in [3.8, 4) is 0 Å². The fourth-order valence-electron chi connectivity index (χ4n) is 3.44. The van der Waals surface area contributed by atoms with Crippen LogP contribution in [0.5, 0.6) is 0 Å². The number of primary amides is 1. The quantitative estimate of drug-likeness (QED) is 0.443. The molecule has 0 saturated heterocycles. The first-order valence-corrected chi connectivity index (χ1v) is 10.2. The monoisotopic (exact) mass is 452 g/mol. The Hall–Kier alpha value is -3.35. The SMILES string of the molecule is Cc1cn(Cc2ccc(C(N)=O)cc2)c2cc(C(=O)Nc3c(Cl)cncc3Cl)ccc12. The second-order valence-electron chi connectivity index (χ2n) is 7.17. The average Bonchev–Trinajstić information content (AvgIpc) is 3.06. The molecular weight excluding hydrogens is 435 g/mol. The topological polar surface area (TPSA) is 90.0 Å². The Kier molecular flexibility index (Phi) is 5.67. The predicted octanol–water partition coefficient (Wildman–Crippen LogP) is 5.05. The zero-order valence-corrected chi connectivity index (χ0v) is 18.0. The highest BCUT2D eigenvalue weighted by molar-refractivity contribution is 6.39. The maximum Gasteiger partial charge on any atom is 0.255 e. The van der Waals surface area contributed by atoms with Crippen LogP contribution in [0.4, 0.5) is 5.69 Å². The molecule has 2 aromatic heterocycles. The Morgan fingerprint density at radius 1 is 1.03 bits per heavy atom. The molecule has 31 heavy (non-hydrogen) atoms. The average molecular weight is 453 g/mol. The lowest BCUT2D eigenvalue weighted by atomic mass is 10.1. The van der Waals surface area contributed by atoms with Gasteiger partial charge in [-0.05, 0) is 42.3 Å². The molecule has 0 aliphatic heterocycles. The molecule has 0 radical (unpaired) electrons. The number of aryl methyl sites for hydroxylation is 1. The maximum absolute atomic E-state index is 12.8. The van der Waals surface area contributed by atoms with Crippen LogP contribution in [0.1, 0.15) is 31.8 Å². The zero-order valence-electron chi connectivity index (χ0n) is 16.5. The highest BCUT2D eigenvalue weighted by Crippen LogP contribution is 2.30. The second kappa shape index (κ2) is 8.41. The second-order valence-corrected chi connectivity index (χ2v) is 7.98. The molecule has 2 amide bonds. The first kappa shape index (κ1) is 20.9. The fraction of sp³-hybridized carbons (Fsp3) is 0.0870. The van der Waals surface area contributed by atoms with Gasteiger partial charge in [-0.15, -0.1) is 0 Å². The van der Waals surface area contributed by atoms with Gasteiger partial charge in [0.25, 0.3) is 5.91 Å². The van der Waals surface area contributed by atoms with Crippen LogP contribution in [0.3, 0.4) is 0 Å². The van der Waals surface area contributed by atoms with Gasteiger partial charge in [-0.25, -0.2) is 0 Å². The van der Waals surface area contributed by atoms with E-state index in [1.807, 2.05) is 37.4 Å². The third kappa shape index (κ3) is 4.26. The molecule has 0 atom stereocenters. The van der Waals surface area contributed by atoms with Crippen LogP contribution in [0.15, 0.2) is 61.1 Å². The summed E-state index contributed by atoms with van der Waals surface area (Å²) in [5.74, 6) is -0.785. The van der Waals surface area contributed by atoms with Crippen LogP contribution in [0.2, 0.25) is 10.0 Å². The number of anilines is 1. The van der Waals surface area contributed by atoms with Crippen molar-refractivity contribution in [1.29, 1.82) is 0 Å². The Morgan fingerprint density at radius 3 is 2.32 bits per heavy atom. The van der Waals surface area contributed by atoms with E-state index < -0.39 is 5.91 Å². The number of carbonyl (C=O) groups is 2. The molecule has 0 aliphatic carbocycles. The number of pyridine rings is 1. The first-order valence-electron chi connectivity index (χ1n) is 9.42. The number of rotatable bonds is 5. The lowest BCUT2D eigenvalue weighted by molar-refractivity contribution is 0.0997. The van der Waals surface area contributed by atoms with Crippen molar-refractivity contribution in [2.45, 2.75) is 13.5 Å². The summed E-state index contributed by atoms with van der Waals surface area (Å²) in [7, 11) is 0. The van der Waals surface area contributed by atoms with Crippen molar-refractivity contribution in [2.75, 3.05) is 5.32 Å². The Labute approximate surface area is 188 Å². The molecule has 3 N–H and O–H groups in total. The normalized spacial score (nSPS) is 10.9. The molecule has 2 aromatic carbocycles. The molecule has 6 nitrogen and oxygen atoms in total. The van der Waals surface area contributed by atoms with Gasteiger partial charge in [0.2, 0.25) is 5.91 Å². The van der Waals surface area contributed by atoms with Crippen LogP contribution in [0.25, 0.3) is 10.9 Å². The molecule has 0 aliphatic rings. The number of halogens is 2. The number of amides is 2. The molecule has 156 valence electrons. The molecule has 0 saturated carbocycles. The molecule has 4 aromatic rings. The summed E-state index contributed by atoms with van der Waals surface area (Å²) in [4.78, 5) is 28.0. The summed E-state index contributed by atoms with van der Waals surface area (Å²) in [6.07, 6.45) is 4.87. The van der Waals surface area contributed by atoms with Gasteiger partial charge in [0.05, 0.1) is 15.7 Å².